The lowest BCUT2D eigenvalue weighted by Crippen LogP contribution is -2.39. The molecule has 0 radical (unpaired) electrons. The van der Waals surface area contributed by atoms with Crippen molar-refractivity contribution in [3.8, 4) is 0 Å². The molecule has 17 heavy (non-hydrogen) atoms. The van der Waals surface area contributed by atoms with Crippen LogP contribution in [0.5, 0.6) is 0 Å². The second-order valence-corrected chi connectivity index (χ2v) is 4.27. The summed E-state index contributed by atoms with van der Waals surface area (Å²) in [6, 6.07) is 2.60. The molecule has 1 saturated heterocycles. The van der Waals surface area contributed by atoms with E-state index in [9.17, 15) is 9.18 Å². The normalized spacial score (nSPS) is 16.9. The third kappa shape index (κ3) is 2.93. The predicted octanol–water partition coefficient (Wildman–Crippen LogP) is 1.64. The van der Waals surface area contributed by atoms with E-state index in [0.717, 1.165) is 25.9 Å². The average molecular weight is 237 g/mol. The van der Waals surface area contributed by atoms with Crippen molar-refractivity contribution >= 4 is 11.6 Å². The summed E-state index contributed by atoms with van der Waals surface area (Å²) in [5.74, 6) is -0.476. The van der Waals surface area contributed by atoms with E-state index in [4.69, 9.17) is 0 Å². The largest absolute Gasteiger partial charge is 0.374 e. The fourth-order valence-corrected chi connectivity index (χ4v) is 2.02. The summed E-state index contributed by atoms with van der Waals surface area (Å²) in [6.07, 6.45) is 3.52. The Hall–Kier alpha value is -1.65. The number of hydrogen-bond acceptors (Lipinski definition) is 3. The maximum Gasteiger partial charge on any atom is 0.244 e. The highest BCUT2D eigenvalue weighted by molar-refractivity contribution is 5.84. The van der Waals surface area contributed by atoms with Crippen molar-refractivity contribution in [2.75, 3.05) is 18.4 Å². The van der Waals surface area contributed by atoms with Gasteiger partial charge in [-0.3, -0.25) is 4.79 Å². The quantitative estimate of drug-likeness (QED) is 0.813. The SMILES string of the molecule is CC(Nc1ccnc(F)c1)C(=O)N1CCCC1. The molecule has 0 aliphatic carbocycles. The molecule has 2 rings (SSSR count). The maximum absolute atomic E-state index is 12.9. The van der Waals surface area contributed by atoms with E-state index in [0.29, 0.717) is 5.69 Å². The highest BCUT2D eigenvalue weighted by Crippen LogP contribution is 2.13. The summed E-state index contributed by atoms with van der Waals surface area (Å²) in [5, 5.41) is 2.99. The van der Waals surface area contributed by atoms with Gasteiger partial charge in [-0.2, -0.15) is 4.39 Å². The minimum Gasteiger partial charge on any atom is -0.374 e. The van der Waals surface area contributed by atoms with Gasteiger partial charge in [-0.05, 0) is 25.8 Å². The minimum atomic E-state index is -0.546. The van der Waals surface area contributed by atoms with Gasteiger partial charge in [-0.1, -0.05) is 0 Å². The monoisotopic (exact) mass is 237 g/mol. The molecule has 1 N–H and O–H groups in total. The fourth-order valence-electron chi connectivity index (χ4n) is 2.02. The number of halogens is 1. The zero-order chi connectivity index (χ0) is 12.3. The Morgan fingerprint density at radius 3 is 2.88 bits per heavy atom. The maximum atomic E-state index is 12.9. The summed E-state index contributed by atoms with van der Waals surface area (Å²) in [5.41, 5.74) is 0.581. The first-order valence-electron chi connectivity index (χ1n) is 5.84. The van der Waals surface area contributed by atoms with Crippen molar-refractivity contribution in [3.05, 3.63) is 24.3 Å². The lowest BCUT2D eigenvalue weighted by atomic mass is 10.2. The van der Waals surface area contributed by atoms with Gasteiger partial charge in [0, 0.05) is 31.0 Å². The number of pyridine rings is 1. The molecule has 0 aromatic carbocycles. The average Bonchev–Trinajstić information content (AvgIpc) is 2.81. The van der Waals surface area contributed by atoms with Crippen molar-refractivity contribution in [3.63, 3.8) is 0 Å². The van der Waals surface area contributed by atoms with Gasteiger partial charge < -0.3 is 10.2 Å². The second kappa shape index (κ2) is 5.12. The summed E-state index contributed by atoms with van der Waals surface area (Å²) in [7, 11) is 0. The molecule has 1 amide bonds. The molecule has 0 bridgehead atoms. The van der Waals surface area contributed by atoms with Crippen LogP contribution in [-0.4, -0.2) is 34.9 Å². The van der Waals surface area contributed by atoms with Gasteiger partial charge >= 0.3 is 0 Å². The fraction of sp³-hybridized carbons (Fsp3) is 0.500. The highest BCUT2D eigenvalue weighted by atomic mass is 19.1. The van der Waals surface area contributed by atoms with Crippen molar-refractivity contribution in [1.29, 1.82) is 0 Å². The van der Waals surface area contributed by atoms with E-state index < -0.39 is 5.95 Å². The van der Waals surface area contributed by atoms with Crippen LogP contribution >= 0.6 is 0 Å². The summed E-state index contributed by atoms with van der Waals surface area (Å²) < 4.78 is 12.9. The van der Waals surface area contributed by atoms with Crippen LogP contribution in [0, 0.1) is 5.95 Å². The Kier molecular flexibility index (Phi) is 3.56. The van der Waals surface area contributed by atoms with Crippen LogP contribution in [0.1, 0.15) is 19.8 Å². The number of anilines is 1. The first-order valence-corrected chi connectivity index (χ1v) is 5.84. The van der Waals surface area contributed by atoms with Gasteiger partial charge in [-0.15, -0.1) is 0 Å². The van der Waals surface area contributed by atoms with Crippen LogP contribution in [0.4, 0.5) is 10.1 Å². The van der Waals surface area contributed by atoms with E-state index in [-0.39, 0.29) is 11.9 Å². The summed E-state index contributed by atoms with van der Waals surface area (Å²) >= 11 is 0. The Labute approximate surface area is 99.8 Å². The van der Waals surface area contributed by atoms with Crippen LogP contribution in [0.3, 0.4) is 0 Å². The standard InChI is InChI=1S/C12H16FN3O/c1-9(12(17)16-6-2-3-7-16)15-10-4-5-14-11(13)8-10/h4-5,8-9H,2-3,6-7H2,1H3,(H,14,15). The molecule has 1 atom stereocenters. The van der Waals surface area contributed by atoms with Crippen molar-refractivity contribution in [1.82, 2.24) is 9.88 Å². The van der Waals surface area contributed by atoms with Gasteiger partial charge in [0.15, 0.2) is 0 Å². The van der Waals surface area contributed by atoms with Gasteiger partial charge in [-0.25, -0.2) is 4.98 Å². The number of nitrogens with one attached hydrogen (secondary N) is 1. The Morgan fingerprint density at radius 1 is 1.53 bits per heavy atom. The third-order valence-electron chi connectivity index (χ3n) is 2.90. The number of hydrogen-bond donors (Lipinski definition) is 1. The first-order chi connectivity index (χ1) is 8.16. The van der Waals surface area contributed by atoms with Crippen molar-refractivity contribution in [2.45, 2.75) is 25.8 Å². The van der Waals surface area contributed by atoms with Crippen LogP contribution in [0.2, 0.25) is 0 Å². The third-order valence-corrected chi connectivity index (χ3v) is 2.90. The van der Waals surface area contributed by atoms with Gasteiger partial charge in [0.25, 0.3) is 0 Å². The Morgan fingerprint density at radius 2 is 2.24 bits per heavy atom. The first kappa shape index (κ1) is 11.8. The predicted molar refractivity (Wildman–Crippen MR) is 63.1 cm³/mol. The summed E-state index contributed by atoms with van der Waals surface area (Å²) in [4.78, 5) is 17.3. The number of carbonyl (C=O) groups is 1. The molecular formula is C12H16FN3O. The molecule has 4 nitrogen and oxygen atoms in total. The molecule has 92 valence electrons. The topological polar surface area (TPSA) is 45.2 Å². The molecule has 5 heteroatoms. The zero-order valence-corrected chi connectivity index (χ0v) is 9.82. The Balaban J connectivity index is 1.96. The van der Waals surface area contributed by atoms with Gasteiger partial charge in [0.05, 0.1) is 0 Å². The van der Waals surface area contributed by atoms with E-state index in [2.05, 4.69) is 10.3 Å². The molecule has 2 heterocycles. The van der Waals surface area contributed by atoms with Crippen LogP contribution < -0.4 is 5.32 Å². The number of aromatic nitrogens is 1. The second-order valence-electron chi connectivity index (χ2n) is 4.27. The number of amides is 1. The highest BCUT2D eigenvalue weighted by Gasteiger charge is 2.22. The molecule has 1 fully saturated rings. The van der Waals surface area contributed by atoms with Gasteiger partial charge in [0.1, 0.15) is 6.04 Å². The van der Waals surface area contributed by atoms with Crippen LogP contribution in [0.15, 0.2) is 18.3 Å². The molecule has 1 aromatic rings. The molecule has 1 aromatic heterocycles. The van der Waals surface area contributed by atoms with E-state index in [1.54, 1.807) is 13.0 Å². The number of likely N-dealkylation sites (tertiary alicyclic amines) is 1. The smallest absolute Gasteiger partial charge is 0.244 e. The number of carbonyl (C=O) groups excluding carboxylic acids is 1. The lowest BCUT2D eigenvalue weighted by Gasteiger charge is -2.21. The van der Waals surface area contributed by atoms with E-state index >= 15 is 0 Å². The number of rotatable bonds is 3. The van der Waals surface area contributed by atoms with Crippen molar-refractivity contribution < 1.29 is 9.18 Å². The van der Waals surface area contributed by atoms with Gasteiger partial charge in [0.2, 0.25) is 11.9 Å². The Bertz CT molecular complexity index is 404. The van der Waals surface area contributed by atoms with Crippen molar-refractivity contribution in [2.24, 2.45) is 0 Å². The lowest BCUT2D eigenvalue weighted by molar-refractivity contribution is -0.130. The molecule has 1 aliphatic heterocycles. The van der Waals surface area contributed by atoms with Crippen LogP contribution in [-0.2, 0) is 4.79 Å². The molecule has 0 spiro atoms. The molecule has 1 aliphatic rings. The molecule has 0 saturated carbocycles. The molecule has 1 unspecified atom stereocenters. The van der Waals surface area contributed by atoms with E-state index in [1.165, 1.54) is 12.3 Å². The zero-order valence-electron chi connectivity index (χ0n) is 9.82. The van der Waals surface area contributed by atoms with Crippen LogP contribution in [0.25, 0.3) is 0 Å². The number of nitrogens with zero attached hydrogens (tertiary/aromatic N) is 2. The summed E-state index contributed by atoms with van der Waals surface area (Å²) in [6.45, 7) is 3.45. The van der Waals surface area contributed by atoms with E-state index in [1.807, 2.05) is 4.90 Å². The minimum absolute atomic E-state index is 0.0692. The molecular weight excluding hydrogens is 221 g/mol.